The van der Waals surface area contributed by atoms with E-state index < -0.39 is 0 Å². The number of aromatic nitrogens is 2. The van der Waals surface area contributed by atoms with Crippen LogP contribution >= 0.6 is 0 Å². The average Bonchev–Trinajstić information content (AvgIpc) is 2.51. The lowest BCUT2D eigenvalue weighted by atomic mass is 10.1. The Bertz CT molecular complexity index is 502. The van der Waals surface area contributed by atoms with E-state index in [0.717, 1.165) is 31.6 Å². The summed E-state index contributed by atoms with van der Waals surface area (Å²) in [6, 6.07) is 9.88. The van der Waals surface area contributed by atoms with Crippen LogP contribution in [0.4, 0.5) is 5.82 Å². The van der Waals surface area contributed by atoms with Crippen molar-refractivity contribution >= 4 is 5.82 Å². The summed E-state index contributed by atoms with van der Waals surface area (Å²) in [6.45, 7) is 3.73. The monoisotopic (exact) mass is 271 g/mol. The van der Waals surface area contributed by atoms with E-state index in [1.807, 2.05) is 42.7 Å². The Morgan fingerprint density at radius 1 is 1.15 bits per heavy atom. The Kier molecular flexibility index (Phi) is 5.83. The van der Waals surface area contributed by atoms with Gasteiger partial charge in [-0.15, -0.1) is 0 Å². The van der Waals surface area contributed by atoms with E-state index in [-0.39, 0.29) is 0 Å². The van der Waals surface area contributed by atoms with Gasteiger partial charge >= 0.3 is 0 Å². The molecule has 0 radical (unpaired) electrons. The summed E-state index contributed by atoms with van der Waals surface area (Å²) >= 11 is 0. The van der Waals surface area contributed by atoms with Crippen molar-refractivity contribution < 1.29 is 4.74 Å². The molecular formula is C16H21N3O. The molecule has 0 aromatic carbocycles. The van der Waals surface area contributed by atoms with Crippen molar-refractivity contribution in [2.24, 2.45) is 0 Å². The van der Waals surface area contributed by atoms with Gasteiger partial charge in [0.05, 0.1) is 6.61 Å². The first-order chi connectivity index (χ1) is 9.88. The molecule has 20 heavy (non-hydrogen) atoms. The minimum Gasteiger partial charge on any atom is -0.478 e. The van der Waals surface area contributed by atoms with Gasteiger partial charge in [0.15, 0.2) is 0 Å². The Hall–Kier alpha value is -2.10. The van der Waals surface area contributed by atoms with E-state index in [2.05, 4.69) is 22.2 Å². The van der Waals surface area contributed by atoms with Gasteiger partial charge in [-0.1, -0.05) is 13.0 Å². The highest BCUT2D eigenvalue weighted by molar-refractivity contribution is 5.36. The molecule has 0 aliphatic rings. The molecule has 2 aromatic rings. The van der Waals surface area contributed by atoms with Crippen molar-refractivity contribution in [2.45, 2.75) is 26.2 Å². The van der Waals surface area contributed by atoms with Gasteiger partial charge in [0.25, 0.3) is 0 Å². The summed E-state index contributed by atoms with van der Waals surface area (Å²) in [5, 5.41) is 3.25. The topological polar surface area (TPSA) is 47.0 Å². The lowest BCUT2D eigenvalue weighted by Crippen LogP contribution is -2.04. The Morgan fingerprint density at radius 3 is 2.80 bits per heavy atom. The Balaban J connectivity index is 1.73. The quantitative estimate of drug-likeness (QED) is 0.748. The molecule has 0 saturated carbocycles. The second-order valence-electron chi connectivity index (χ2n) is 4.60. The van der Waals surface area contributed by atoms with E-state index in [0.29, 0.717) is 12.5 Å². The van der Waals surface area contributed by atoms with Crippen molar-refractivity contribution in [2.75, 3.05) is 18.5 Å². The molecule has 0 saturated heterocycles. The second-order valence-corrected chi connectivity index (χ2v) is 4.60. The third kappa shape index (κ3) is 4.88. The fourth-order valence-electron chi connectivity index (χ4n) is 1.85. The molecule has 4 nitrogen and oxygen atoms in total. The van der Waals surface area contributed by atoms with Crippen LogP contribution in [-0.4, -0.2) is 23.1 Å². The molecule has 0 atom stereocenters. The number of rotatable bonds is 8. The third-order valence-electron chi connectivity index (χ3n) is 2.89. The van der Waals surface area contributed by atoms with Crippen molar-refractivity contribution in [3.63, 3.8) is 0 Å². The highest BCUT2D eigenvalue weighted by atomic mass is 16.5. The molecule has 2 aromatic heterocycles. The maximum Gasteiger partial charge on any atom is 0.215 e. The normalized spacial score (nSPS) is 10.2. The number of anilines is 1. The first kappa shape index (κ1) is 14.3. The minimum atomic E-state index is 0.673. The van der Waals surface area contributed by atoms with Gasteiger partial charge in [0.2, 0.25) is 5.88 Å². The van der Waals surface area contributed by atoms with Crippen LogP contribution in [0.3, 0.4) is 0 Å². The van der Waals surface area contributed by atoms with Crippen LogP contribution in [0.25, 0.3) is 0 Å². The molecular weight excluding hydrogens is 250 g/mol. The summed E-state index contributed by atoms with van der Waals surface area (Å²) in [6.07, 6.45) is 6.69. The average molecular weight is 271 g/mol. The molecule has 0 fully saturated rings. The highest BCUT2D eigenvalue weighted by Crippen LogP contribution is 2.12. The molecule has 4 heteroatoms. The lowest BCUT2D eigenvalue weighted by Gasteiger charge is -2.08. The van der Waals surface area contributed by atoms with Crippen LogP contribution in [0, 0.1) is 0 Å². The molecule has 106 valence electrons. The SMILES string of the molecule is CCCNc1cccc(OCCCc2ccncc2)n1. The number of ether oxygens (including phenoxy) is 1. The summed E-state index contributed by atoms with van der Waals surface area (Å²) in [7, 11) is 0. The maximum absolute atomic E-state index is 5.68. The highest BCUT2D eigenvalue weighted by Gasteiger charge is 1.98. The van der Waals surface area contributed by atoms with E-state index >= 15 is 0 Å². The van der Waals surface area contributed by atoms with Crippen LogP contribution in [0.1, 0.15) is 25.3 Å². The summed E-state index contributed by atoms with van der Waals surface area (Å²) < 4.78 is 5.68. The maximum atomic E-state index is 5.68. The van der Waals surface area contributed by atoms with Crippen molar-refractivity contribution in [3.05, 3.63) is 48.3 Å². The van der Waals surface area contributed by atoms with Crippen LogP contribution in [0.2, 0.25) is 0 Å². The fraction of sp³-hybridized carbons (Fsp3) is 0.375. The van der Waals surface area contributed by atoms with Gasteiger partial charge in [0.1, 0.15) is 5.82 Å². The third-order valence-corrected chi connectivity index (χ3v) is 2.89. The molecule has 2 heterocycles. The molecule has 1 N–H and O–H groups in total. The van der Waals surface area contributed by atoms with Gasteiger partial charge in [-0.05, 0) is 43.0 Å². The molecule has 0 unspecified atom stereocenters. The van der Waals surface area contributed by atoms with Crippen molar-refractivity contribution in [3.8, 4) is 5.88 Å². The smallest absolute Gasteiger partial charge is 0.215 e. The van der Waals surface area contributed by atoms with Crippen molar-refractivity contribution in [1.82, 2.24) is 9.97 Å². The lowest BCUT2D eigenvalue weighted by molar-refractivity contribution is 0.299. The predicted octanol–water partition coefficient (Wildman–Crippen LogP) is 3.31. The molecule has 0 aliphatic carbocycles. The number of hydrogen-bond acceptors (Lipinski definition) is 4. The number of nitrogens with zero attached hydrogens (tertiary/aromatic N) is 2. The molecule has 0 spiro atoms. The zero-order valence-electron chi connectivity index (χ0n) is 11.9. The van der Waals surface area contributed by atoms with E-state index in [1.54, 1.807) is 0 Å². The van der Waals surface area contributed by atoms with Crippen LogP contribution < -0.4 is 10.1 Å². The van der Waals surface area contributed by atoms with E-state index in [4.69, 9.17) is 4.74 Å². The molecule has 0 bridgehead atoms. The standard InChI is InChI=1S/C16H21N3O/c1-2-10-18-15-6-3-7-16(19-15)20-13-4-5-14-8-11-17-12-9-14/h3,6-9,11-12H,2,4-5,10,13H2,1H3,(H,18,19). The molecule has 2 rings (SSSR count). The van der Waals surface area contributed by atoms with Gasteiger partial charge in [0, 0.05) is 25.0 Å². The fourth-order valence-corrected chi connectivity index (χ4v) is 1.85. The van der Waals surface area contributed by atoms with Gasteiger partial charge in [-0.3, -0.25) is 4.98 Å². The molecule has 0 amide bonds. The van der Waals surface area contributed by atoms with Crippen LogP contribution in [-0.2, 0) is 6.42 Å². The van der Waals surface area contributed by atoms with Crippen molar-refractivity contribution in [1.29, 1.82) is 0 Å². The van der Waals surface area contributed by atoms with Crippen LogP contribution in [0.15, 0.2) is 42.7 Å². The number of aryl methyl sites for hydroxylation is 1. The second kappa shape index (κ2) is 8.15. The largest absolute Gasteiger partial charge is 0.478 e. The Labute approximate surface area is 120 Å². The van der Waals surface area contributed by atoms with E-state index in [9.17, 15) is 0 Å². The summed E-state index contributed by atoms with van der Waals surface area (Å²) in [4.78, 5) is 8.42. The van der Waals surface area contributed by atoms with Gasteiger partial charge in [-0.25, -0.2) is 0 Å². The van der Waals surface area contributed by atoms with Gasteiger partial charge in [-0.2, -0.15) is 4.98 Å². The first-order valence-corrected chi connectivity index (χ1v) is 7.11. The zero-order chi connectivity index (χ0) is 14.0. The number of nitrogens with one attached hydrogen (secondary N) is 1. The number of pyridine rings is 2. The molecule has 0 aliphatic heterocycles. The summed E-state index contributed by atoms with van der Waals surface area (Å²) in [5.74, 6) is 1.55. The minimum absolute atomic E-state index is 0.673. The summed E-state index contributed by atoms with van der Waals surface area (Å²) in [5.41, 5.74) is 1.29. The zero-order valence-corrected chi connectivity index (χ0v) is 11.9. The first-order valence-electron chi connectivity index (χ1n) is 7.11. The predicted molar refractivity (Wildman–Crippen MR) is 81.1 cm³/mol. The van der Waals surface area contributed by atoms with Crippen LogP contribution in [0.5, 0.6) is 5.88 Å². The van der Waals surface area contributed by atoms with E-state index in [1.165, 1.54) is 5.56 Å². The number of hydrogen-bond donors (Lipinski definition) is 1. The van der Waals surface area contributed by atoms with Gasteiger partial charge < -0.3 is 10.1 Å². The Morgan fingerprint density at radius 2 is 2.00 bits per heavy atom.